The van der Waals surface area contributed by atoms with Crippen molar-refractivity contribution in [1.29, 1.82) is 0 Å². The van der Waals surface area contributed by atoms with Gasteiger partial charge in [-0.3, -0.25) is 10.1 Å². The lowest BCUT2D eigenvalue weighted by molar-refractivity contribution is -0.384. The van der Waals surface area contributed by atoms with Crippen molar-refractivity contribution < 1.29 is 14.8 Å². The minimum atomic E-state index is -1.15. The van der Waals surface area contributed by atoms with Gasteiger partial charge in [-0.2, -0.15) is 0 Å². The summed E-state index contributed by atoms with van der Waals surface area (Å²) in [5.41, 5.74) is -0.0999. The molecule has 1 aromatic carbocycles. The molecular weight excluding hydrogens is 272 g/mol. The molecule has 0 saturated heterocycles. The van der Waals surface area contributed by atoms with Crippen LogP contribution in [0.25, 0.3) is 0 Å². The summed E-state index contributed by atoms with van der Waals surface area (Å²) in [6, 6.07) is 4.21. The lowest BCUT2D eigenvalue weighted by Gasteiger charge is -2.34. The van der Waals surface area contributed by atoms with E-state index in [0.29, 0.717) is 11.8 Å². The van der Waals surface area contributed by atoms with E-state index in [1.165, 1.54) is 18.2 Å². The van der Waals surface area contributed by atoms with E-state index < -0.39 is 10.9 Å². The zero-order chi connectivity index (χ0) is 15.6. The van der Waals surface area contributed by atoms with Gasteiger partial charge in [0, 0.05) is 12.1 Å². The van der Waals surface area contributed by atoms with Crippen LogP contribution in [0, 0.1) is 22.0 Å². The third-order valence-corrected chi connectivity index (χ3v) is 4.23. The number of carboxylic acid groups (broad SMARTS) is 1. The summed E-state index contributed by atoms with van der Waals surface area (Å²) >= 11 is 0. The zero-order valence-corrected chi connectivity index (χ0v) is 12.2. The van der Waals surface area contributed by atoms with Crippen LogP contribution in [0.5, 0.6) is 0 Å². The maximum Gasteiger partial charge on any atom is 0.338 e. The van der Waals surface area contributed by atoms with E-state index in [4.69, 9.17) is 0 Å². The van der Waals surface area contributed by atoms with Crippen LogP contribution in [0.1, 0.15) is 43.5 Å². The van der Waals surface area contributed by atoms with Crippen molar-refractivity contribution in [3.8, 4) is 0 Å². The Morgan fingerprint density at radius 2 is 2.10 bits per heavy atom. The smallest absolute Gasteiger partial charge is 0.338 e. The van der Waals surface area contributed by atoms with E-state index in [0.717, 1.165) is 19.3 Å². The number of nitro benzene ring substituents is 1. The molecule has 0 amide bonds. The van der Waals surface area contributed by atoms with Gasteiger partial charge in [-0.15, -0.1) is 0 Å². The largest absolute Gasteiger partial charge is 0.478 e. The summed E-state index contributed by atoms with van der Waals surface area (Å²) in [4.78, 5) is 21.9. The van der Waals surface area contributed by atoms with E-state index in [2.05, 4.69) is 19.2 Å². The minimum Gasteiger partial charge on any atom is -0.478 e. The Morgan fingerprint density at radius 1 is 1.38 bits per heavy atom. The van der Waals surface area contributed by atoms with Crippen molar-refractivity contribution in [2.75, 3.05) is 5.32 Å². The number of nitro groups is 1. The molecular formula is C15H20N2O4. The molecule has 6 nitrogen and oxygen atoms in total. The highest BCUT2D eigenvalue weighted by Crippen LogP contribution is 2.35. The Balaban J connectivity index is 2.33. The fourth-order valence-corrected chi connectivity index (χ4v) is 3.09. The first kappa shape index (κ1) is 15.3. The first-order chi connectivity index (χ1) is 9.90. The highest BCUT2D eigenvalue weighted by atomic mass is 16.6. The van der Waals surface area contributed by atoms with E-state index >= 15 is 0 Å². The Labute approximate surface area is 123 Å². The molecule has 1 fully saturated rings. The van der Waals surface area contributed by atoms with Crippen LogP contribution in [-0.2, 0) is 0 Å². The van der Waals surface area contributed by atoms with Gasteiger partial charge in [0.05, 0.1) is 10.5 Å². The van der Waals surface area contributed by atoms with Crippen molar-refractivity contribution >= 4 is 17.3 Å². The summed E-state index contributed by atoms with van der Waals surface area (Å²) < 4.78 is 0. The quantitative estimate of drug-likeness (QED) is 0.654. The molecule has 3 atom stereocenters. The topological polar surface area (TPSA) is 92.5 Å². The zero-order valence-electron chi connectivity index (χ0n) is 12.2. The number of carboxylic acids is 1. The highest BCUT2D eigenvalue weighted by molar-refractivity contribution is 5.96. The van der Waals surface area contributed by atoms with E-state index in [-0.39, 0.29) is 23.0 Å². The van der Waals surface area contributed by atoms with Crippen LogP contribution < -0.4 is 5.32 Å². The maximum absolute atomic E-state index is 11.3. The third kappa shape index (κ3) is 3.32. The Kier molecular flexibility index (Phi) is 4.45. The average molecular weight is 292 g/mol. The molecule has 0 heterocycles. The fraction of sp³-hybridized carbons (Fsp3) is 0.533. The molecule has 3 unspecified atom stereocenters. The second kappa shape index (κ2) is 6.11. The second-order valence-electron chi connectivity index (χ2n) is 5.91. The fourth-order valence-electron chi connectivity index (χ4n) is 3.09. The second-order valence-corrected chi connectivity index (χ2v) is 5.91. The number of carbonyl (C=O) groups is 1. The highest BCUT2D eigenvalue weighted by Gasteiger charge is 2.29. The van der Waals surface area contributed by atoms with Gasteiger partial charge in [0.25, 0.3) is 5.69 Å². The molecule has 6 heteroatoms. The van der Waals surface area contributed by atoms with E-state index in [1.54, 1.807) is 0 Å². The van der Waals surface area contributed by atoms with Crippen molar-refractivity contribution in [2.45, 2.75) is 39.2 Å². The first-order valence-corrected chi connectivity index (χ1v) is 7.17. The molecule has 2 rings (SSSR count). The summed E-state index contributed by atoms with van der Waals surface area (Å²) in [5.74, 6) is -0.156. The van der Waals surface area contributed by atoms with Crippen molar-refractivity contribution in [3.63, 3.8) is 0 Å². The Morgan fingerprint density at radius 3 is 2.67 bits per heavy atom. The standard InChI is InChI=1S/C15H20N2O4/c1-9-6-7-12(10(2)8-9)16-14-11(15(18)19)4-3-5-13(14)17(20)21/h3-5,9-10,12,16H,6-8H2,1-2H3,(H,18,19). The molecule has 1 aliphatic carbocycles. The molecule has 1 aliphatic rings. The molecule has 0 spiro atoms. The predicted octanol–water partition coefficient (Wildman–Crippen LogP) is 3.53. The van der Waals surface area contributed by atoms with Crippen LogP contribution in [0.3, 0.4) is 0 Å². The summed E-state index contributed by atoms with van der Waals surface area (Å²) in [6.07, 6.45) is 2.99. The molecule has 1 aromatic rings. The Hall–Kier alpha value is -2.11. The average Bonchev–Trinajstić information content (AvgIpc) is 2.41. The van der Waals surface area contributed by atoms with Gasteiger partial charge >= 0.3 is 5.97 Å². The van der Waals surface area contributed by atoms with Gasteiger partial charge in [-0.25, -0.2) is 4.79 Å². The number of nitrogens with zero attached hydrogens (tertiary/aromatic N) is 1. The van der Waals surface area contributed by atoms with Crippen molar-refractivity contribution in [1.82, 2.24) is 0 Å². The number of hydrogen-bond acceptors (Lipinski definition) is 4. The molecule has 2 N–H and O–H groups in total. The Bertz CT molecular complexity index is 526. The lowest BCUT2D eigenvalue weighted by Crippen LogP contribution is -2.33. The summed E-state index contributed by atoms with van der Waals surface area (Å²) in [7, 11) is 0. The predicted molar refractivity (Wildman–Crippen MR) is 79.6 cm³/mol. The van der Waals surface area contributed by atoms with Crippen LogP contribution in [0.15, 0.2) is 18.2 Å². The molecule has 0 aliphatic heterocycles. The van der Waals surface area contributed by atoms with Crippen LogP contribution in [0.4, 0.5) is 11.4 Å². The third-order valence-electron chi connectivity index (χ3n) is 4.23. The summed E-state index contributed by atoms with van der Waals surface area (Å²) in [6.45, 7) is 4.29. The maximum atomic E-state index is 11.3. The van der Waals surface area contributed by atoms with E-state index in [9.17, 15) is 20.0 Å². The van der Waals surface area contributed by atoms with E-state index in [1.807, 2.05) is 0 Å². The summed E-state index contributed by atoms with van der Waals surface area (Å²) in [5, 5.41) is 23.5. The van der Waals surface area contributed by atoms with Gasteiger partial charge in [0.15, 0.2) is 0 Å². The molecule has 1 saturated carbocycles. The van der Waals surface area contributed by atoms with Crippen molar-refractivity contribution in [2.24, 2.45) is 11.8 Å². The van der Waals surface area contributed by atoms with Gasteiger partial charge < -0.3 is 10.4 Å². The number of benzene rings is 1. The normalized spacial score (nSPS) is 25.3. The number of anilines is 1. The monoisotopic (exact) mass is 292 g/mol. The van der Waals surface area contributed by atoms with Gasteiger partial charge in [0.1, 0.15) is 5.69 Å². The number of nitrogens with one attached hydrogen (secondary N) is 1. The number of hydrogen-bond donors (Lipinski definition) is 2. The first-order valence-electron chi connectivity index (χ1n) is 7.17. The van der Waals surface area contributed by atoms with Crippen LogP contribution >= 0.6 is 0 Å². The minimum absolute atomic E-state index is 0.0463. The van der Waals surface area contributed by atoms with Gasteiger partial charge in [-0.1, -0.05) is 19.9 Å². The number of aromatic carboxylic acids is 1. The van der Waals surface area contributed by atoms with Gasteiger partial charge in [0.2, 0.25) is 0 Å². The molecule has 0 bridgehead atoms. The molecule has 21 heavy (non-hydrogen) atoms. The van der Waals surface area contributed by atoms with Crippen LogP contribution in [0.2, 0.25) is 0 Å². The lowest BCUT2D eigenvalue weighted by atomic mass is 9.79. The molecule has 114 valence electrons. The molecule has 0 aromatic heterocycles. The van der Waals surface area contributed by atoms with Crippen LogP contribution in [-0.4, -0.2) is 22.0 Å². The number of rotatable bonds is 4. The van der Waals surface area contributed by atoms with Crippen molar-refractivity contribution in [3.05, 3.63) is 33.9 Å². The molecule has 0 radical (unpaired) electrons. The SMILES string of the molecule is CC1CCC(Nc2c(C(=O)O)cccc2[N+](=O)[O-])C(C)C1. The number of para-hydroxylation sites is 1. The van der Waals surface area contributed by atoms with Gasteiger partial charge in [-0.05, 0) is 37.2 Å².